The minimum atomic E-state index is -0.658. The first-order chi connectivity index (χ1) is 9.51. The molecule has 0 saturated carbocycles. The molecule has 7 heteroatoms. The predicted molar refractivity (Wildman–Crippen MR) is 74.0 cm³/mol. The lowest BCUT2D eigenvalue weighted by atomic mass is 10.0. The molecule has 0 aromatic rings. The van der Waals surface area contributed by atoms with Crippen LogP contribution < -0.4 is 0 Å². The maximum atomic E-state index is 12.2. The van der Waals surface area contributed by atoms with Crippen LogP contribution in [0.2, 0.25) is 0 Å². The maximum Gasteiger partial charge on any atom is 0.312 e. The Bertz CT molecular complexity index is 324. The number of amides is 2. The van der Waals surface area contributed by atoms with Crippen LogP contribution in [0.25, 0.3) is 0 Å². The highest BCUT2D eigenvalue weighted by atomic mass is 16.3. The molecule has 2 amide bonds. The Morgan fingerprint density at radius 3 is 2.05 bits per heavy atom. The van der Waals surface area contributed by atoms with Gasteiger partial charge in [-0.15, -0.1) is 0 Å². The average Bonchev–Trinajstić information content (AvgIpc) is 2.45. The third kappa shape index (κ3) is 4.43. The summed E-state index contributed by atoms with van der Waals surface area (Å²) in [6, 6.07) is 0.0766. The van der Waals surface area contributed by atoms with Crippen molar-refractivity contribution < 1.29 is 19.8 Å². The van der Waals surface area contributed by atoms with E-state index in [9.17, 15) is 9.59 Å². The molecule has 2 N–H and O–H groups in total. The van der Waals surface area contributed by atoms with E-state index >= 15 is 0 Å². The number of hydrogen-bond donors (Lipinski definition) is 2. The SMILES string of the molecule is CN1CCC(N(C)C(=O)C(=O)N(CCO)CCO)CC1. The number of likely N-dealkylation sites (tertiary alicyclic amines) is 1. The Kier molecular flexibility index (Phi) is 6.90. The van der Waals surface area contributed by atoms with Crippen LogP contribution in [0.3, 0.4) is 0 Å². The zero-order chi connectivity index (χ0) is 15.1. The van der Waals surface area contributed by atoms with Gasteiger partial charge in [-0.2, -0.15) is 0 Å². The van der Waals surface area contributed by atoms with Crippen molar-refractivity contribution in [3.8, 4) is 0 Å². The van der Waals surface area contributed by atoms with Crippen molar-refractivity contribution in [2.75, 3.05) is 53.5 Å². The molecule has 1 saturated heterocycles. The Morgan fingerprint density at radius 1 is 1.10 bits per heavy atom. The second kappa shape index (κ2) is 8.18. The molecule has 1 fully saturated rings. The van der Waals surface area contributed by atoms with Crippen molar-refractivity contribution in [2.24, 2.45) is 0 Å². The number of nitrogens with zero attached hydrogens (tertiary/aromatic N) is 3. The summed E-state index contributed by atoms with van der Waals surface area (Å²) < 4.78 is 0. The van der Waals surface area contributed by atoms with E-state index in [1.165, 1.54) is 9.80 Å². The molecule has 1 aliphatic heterocycles. The van der Waals surface area contributed by atoms with Crippen LogP contribution in [0.5, 0.6) is 0 Å². The Hall–Kier alpha value is -1.18. The van der Waals surface area contributed by atoms with Gasteiger partial charge in [-0.05, 0) is 33.0 Å². The molecule has 0 bridgehead atoms. The number of aliphatic hydroxyl groups is 2. The summed E-state index contributed by atoms with van der Waals surface area (Å²) in [7, 11) is 3.68. The summed E-state index contributed by atoms with van der Waals surface area (Å²) >= 11 is 0. The molecule has 0 atom stereocenters. The molecule has 0 aliphatic carbocycles. The summed E-state index contributed by atoms with van der Waals surface area (Å²) in [6.45, 7) is 1.49. The van der Waals surface area contributed by atoms with Gasteiger partial charge in [0, 0.05) is 26.2 Å². The van der Waals surface area contributed by atoms with Crippen molar-refractivity contribution >= 4 is 11.8 Å². The number of rotatable bonds is 5. The zero-order valence-corrected chi connectivity index (χ0v) is 12.3. The average molecular weight is 287 g/mol. The maximum absolute atomic E-state index is 12.2. The van der Waals surface area contributed by atoms with E-state index in [1.54, 1.807) is 7.05 Å². The lowest BCUT2D eigenvalue weighted by Gasteiger charge is -2.35. The molecule has 0 aromatic carbocycles. The molecule has 0 unspecified atom stereocenters. The lowest BCUT2D eigenvalue weighted by Crippen LogP contribution is -2.51. The normalized spacial score (nSPS) is 17.0. The van der Waals surface area contributed by atoms with Crippen molar-refractivity contribution in [1.29, 1.82) is 0 Å². The van der Waals surface area contributed by atoms with Crippen molar-refractivity contribution in [1.82, 2.24) is 14.7 Å². The highest BCUT2D eigenvalue weighted by Crippen LogP contribution is 2.14. The van der Waals surface area contributed by atoms with Gasteiger partial charge in [0.15, 0.2) is 0 Å². The minimum Gasteiger partial charge on any atom is -0.395 e. The lowest BCUT2D eigenvalue weighted by molar-refractivity contribution is -0.153. The monoisotopic (exact) mass is 287 g/mol. The molecule has 0 aromatic heterocycles. The molecule has 20 heavy (non-hydrogen) atoms. The Labute approximate surface area is 119 Å². The van der Waals surface area contributed by atoms with Crippen LogP contribution in [0.15, 0.2) is 0 Å². The molecule has 0 radical (unpaired) electrons. The van der Waals surface area contributed by atoms with Gasteiger partial charge < -0.3 is 24.9 Å². The van der Waals surface area contributed by atoms with Crippen molar-refractivity contribution in [2.45, 2.75) is 18.9 Å². The summed E-state index contributed by atoms with van der Waals surface area (Å²) in [6.07, 6.45) is 1.71. The quantitative estimate of drug-likeness (QED) is 0.592. The number of carbonyl (C=O) groups excluding carboxylic acids is 2. The van der Waals surface area contributed by atoms with E-state index in [0.717, 1.165) is 25.9 Å². The summed E-state index contributed by atoms with van der Waals surface area (Å²) in [5.41, 5.74) is 0. The van der Waals surface area contributed by atoms with Crippen molar-refractivity contribution in [3.05, 3.63) is 0 Å². The third-order valence-electron chi connectivity index (χ3n) is 3.77. The Balaban J connectivity index is 2.59. The van der Waals surface area contributed by atoms with E-state index in [1.807, 2.05) is 7.05 Å². The Morgan fingerprint density at radius 2 is 1.60 bits per heavy atom. The number of carbonyl (C=O) groups is 2. The van der Waals surface area contributed by atoms with Crippen LogP contribution in [0.4, 0.5) is 0 Å². The first-order valence-electron chi connectivity index (χ1n) is 6.97. The molecular formula is C13H25N3O4. The minimum absolute atomic E-state index is 0.0619. The third-order valence-corrected chi connectivity index (χ3v) is 3.77. The largest absolute Gasteiger partial charge is 0.395 e. The molecule has 116 valence electrons. The van der Waals surface area contributed by atoms with E-state index in [2.05, 4.69) is 4.90 Å². The van der Waals surface area contributed by atoms with Crippen LogP contribution in [-0.2, 0) is 9.59 Å². The first-order valence-corrected chi connectivity index (χ1v) is 6.97. The van der Waals surface area contributed by atoms with Gasteiger partial charge in [-0.3, -0.25) is 9.59 Å². The van der Waals surface area contributed by atoms with Crippen molar-refractivity contribution in [3.63, 3.8) is 0 Å². The standard InChI is InChI=1S/C13H25N3O4/c1-14-5-3-11(4-6-14)15(2)12(19)13(20)16(7-9-17)8-10-18/h11,17-18H,3-10H2,1-2H3. The van der Waals surface area contributed by atoms with Gasteiger partial charge in [-0.25, -0.2) is 0 Å². The molecule has 1 aliphatic rings. The fourth-order valence-electron chi connectivity index (χ4n) is 2.39. The first kappa shape index (κ1) is 16.9. The predicted octanol–water partition coefficient (Wildman–Crippen LogP) is -1.65. The highest BCUT2D eigenvalue weighted by molar-refractivity contribution is 6.34. The second-order valence-electron chi connectivity index (χ2n) is 5.19. The number of aliphatic hydroxyl groups excluding tert-OH is 2. The number of hydrogen-bond acceptors (Lipinski definition) is 5. The molecule has 0 spiro atoms. The highest BCUT2D eigenvalue weighted by Gasteiger charge is 2.30. The van der Waals surface area contributed by atoms with Crippen LogP contribution in [0, 0.1) is 0 Å². The number of piperidine rings is 1. The molecule has 1 rings (SSSR count). The van der Waals surface area contributed by atoms with Gasteiger partial charge in [0.05, 0.1) is 13.2 Å². The fourth-order valence-corrected chi connectivity index (χ4v) is 2.39. The zero-order valence-electron chi connectivity index (χ0n) is 12.3. The summed E-state index contributed by atoms with van der Waals surface area (Å²) in [5.74, 6) is -1.23. The second-order valence-corrected chi connectivity index (χ2v) is 5.19. The molecule has 7 nitrogen and oxygen atoms in total. The van der Waals surface area contributed by atoms with Gasteiger partial charge >= 0.3 is 11.8 Å². The van der Waals surface area contributed by atoms with E-state index in [-0.39, 0.29) is 32.3 Å². The summed E-state index contributed by atoms with van der Waals surface area (Å²) in [5, 5.41) is 17.8. The molecule has 1 heterocycles. The van der Waals surface area contributed by atoms with E-state index < -0.39 is 11.8 Å². The molecular weight excluding hydrogens is 262 g/mol. The fraction of sp³-hybridized carbons (Fsp3) is 0.846. The van der Waals surface area contributed by atoms with Gasteiger partial charge in [0.25, 0.3) is 0 Å². The van der Waals surface area contributed by atoms with E-state index in [4.69, 9.17) is 10.2 Å². The van der Waals surface area contributed by atoms with Gasteiger partial charge in [-0.1, -0.05) is 0 Å². The van der Waals surface area contributed by atoms with Crippen LogP contribution >= 0.6 is 0 Å². The van der Waals surface area contributed by atoms with Crippen LogP contribution in [-0.4, -0.2) is 96.3 Å². The van der Waals surface area contributed by atoms with Gasteiger partial charge in [0.2, 0.25) is 0 Å². The summed E-state index contributed by atoms with van der Waals surface area (Å²) in [4.78, 5) is 29.1. The topological polar surface area (TPSA) is 84.3 Å². The number of likely N-dealkylation sites (N-methyl/N-ethyl adjacent to an activating group) is 1. The smallest absolute Gasteiger partial charge is 0.312 e. The van der Waals surface area contributed by atoms with Gasteiger partial charge in [0.1, 0.15) is 0 Å². The van der Waals surface area contributed by atoms with E-state index in [0.29, 0.717) is 0 Å². The van der Waals surface area contributed by atoms with Crippen LogP contribution in [0.1, 0.15) is 12.8 Å².